The van der Waals surface area contributed by atoms with Gasteiger partial charge in [-0.25, -0.2) is 0 Å². The summed E-state index contributed by atoms with van der Waals surface area (Å²) in [6, 6.07) is 7.75. The van der Waals surface area contributed by atoms with Gasteiger partial charge in [0.1, 0.15) is 0 Å². The van der Waals surface area contributed by atoms with Crippen LogP contribution in [-0.2, 0) is 14.9 Å². The molecule has 4 nitrogen and oxygen atoms in total. The first-order chi connectivity index (χ1) is 9.51. The molecule has 1 saturated heterocycles. The minimum Gasteiger partial charge on any atom is -0.399 e. The van der Waals surface area contributed by atoms with Crippen molar-refractivity contribution in [3.05, 3.63) is 29.8 Å². The van der Waals surface area contributed by atoms with Crippen LogP contribution in [0.2, 0.25) is 0 Å². The number of ether oxygens (including phenoxy) is 1. The maximum absolute atomic E-state index is 12.9. The number of carbonyl (C=O) groups is 1. The molecule has 1 heterocycles. The zero-order valence-corrected chi connectivity index (χ0v) is 12.1. The molecule has 0 spiro atoms. The maximum Gasteiger partial charge on any atom is 0.233 e. The number of anilines is 1. The molecule has 1 aromatic rings. The van der Waals surface area contributed by atoms with Gasteiger partial charge in [-0.3, -0.25) is 4.79 Å². The minimum absolute atomic E-state index is 0.116. The largest absolute Gasteiger partial charge is 0.399 e. The third-order valence-corrected chi connectivity index (χ3v) is 4.33. The lowest BCUT2D eigenvalue weighted by molar-refractivity contribution is -0.145. The van der Waals surface area contributed by atoms with E-state index in [9.17, 15) is 4.79 Å². The Morgan fingerprint density at radius 1 is 1.20 bits per heavy atom. The highest BCUT2D eigenvalue weighted by Crippen LogP contribution is 2.50. The second kappa shape index (κ2) is 4.77. The van der Waals surface area contributed by atoms with Crippen LogP contribution in [0.3, 0.4) is 0 Å². The number of nitrogens with two attached hydrogens (primary N) is 1. The van der Waals surface area contributed by atoms with E-state index in [0.29, 0.717) is 13.1 Å². The van der Waals surface area contributed by atoms with Gasteiger partial charge in [-0.05, 0) is 44.4 Å². The van der Waals surface area contributed by atoms with Crippen LogP contribution in [0.1, 0.15) is 32.3 Å². The van der Waals surface area contributed by atoms with Crippen LogP contribution in [0, 0.1) is 0 Å². The summed E-state index contributed by atoms with van der Waals surface area (Å²) in [6.07, 6.45) is 2.11. The molecule has 0 unspecified atom stereocenters. The number of benzene rings is 1. The van der Waals surface area contributed by atoms with Crippen LogP contribution in [0.4, 0.5) is 5.69 Å². The molecule has 1 aliphatic heterocycles. The number of carbonyl (C=O) groups excluding carboxylic acids is 1. The number of nitrogens with zero attached hydrogens (tertiary/aromatic N) is 1. The SMILES string of the molecule is C[C@@H]1CN(C(=O)C2(c3ccc(N)cc3)CC2)C[C@H](C)O1. The molecule has 2 N–H and O–H groups in total. The minimum atomic E-state index is -0.301. The number of hydrogen-bond donors (Lipinski definition) is 1. The maximum atomic E-state index is 12.9. The summed E-state index contributed by atoms with van der Waals surface area (Å²) in [5.74, 6) is 0.254. The van der Waals surface area contributed by atoms with Crippen molar-refractivity contribution in [2.45, 2.75) is 44.3 Å². The average molecular weight is 274 g/mol. The fourth-order valence-corrected chi connectivity index (χ4v) is 3.20. The Morgan fingerprint density at radius 3 is 2.25 bits per heavy atom. The molecule has 1 amide bonds. The first-order valence-electron chi connectivity index (χ1n) is 7.32. The topological polar surface area (TPSA) is 55.6 Å². The predicted molar refractivity (Wildman–Crippen MR) is 78.4 cm³/mol. The predicted octanol–water partition coefficient (Wildman–Crippen LogP) is 1.94. The van der Waals surface area contributed by atoms with Crippen molar-refractivity contribution in [2.24, 2.45) is 0 Å². The average Bonchev–Trinajstić information content (AvgIpc) is 3.19. The van der Waals surface area contributed by atoms with Gasteiger partial charge >= 0.3 is 0 Å². The van der Waals surface area contributed by atoms with Crippen molar-refractivity contribution in [1.29, 1.82) is 0 Å². The van der Waals surface area contributed by atoms with E-state index in [-0.39, 0.29) is 23.5 Å². The lowest BCUT2D eigenvalue weighted by atomic mass is 9.93. The first kappa shape index (κ1) is 13.4. The number of hydrogen-bond acceptors (Lipinski definition) is 3. The molecular formula is C16H22N2O2. The molecule has 2 atom stereocenters. The second-order valence-corrected chi connectivity index (χ2v) is 6.17. The van der Waals surface area contributed by atoms with Gasteiger partial charge in [0, 0.05) is 18.8 Å². The summed E-state index contributed by atoms with van der Waals surface area (Å²) in [4.78, 5) is 14.9. The monoisotopic (exact) mass is 274 g/mol. The highest BCUT2D eigenvalue weighted by molar-refractivity contribution is 5.91. The van der Waals surface area contributed by atoms with E-state index in [1.54, 1.807) is 0 Å². The molecule has 2 aliphatic rings. The quantitative estimate of drug-likeness (QED) is 0.838. The van der Waals surface area contributed by atoms with E-state index in [0.717, 1.165) is 24.1 Å². The van der Waals surface area contributed by atoms with Gasteiger partial charge < -0.3 is 15.4 Å². The van der Waals surface area contributed by atoms with Crippen LogP contribution < -0.4 is 5.73 Å². The van der Waals surface area contributed by atoms with E-state index in [2.05, 4.69) is 0 Å². The second-order valence-electron chi connectivity index (χ2n) is 6.17. The van der Waals surface area contributed by atoms with Crippen LogP contribution in [0.5, 0.6) is 0 Å². The number of nitrogen functional groups attached to an aromatic ring is 1. The van der Waals surface area contributed by atoms with E-state index < -0.39 is 0 Å². The summed E-state index contributed by atoms with van der Waals surface area (Å²) in [6.45, 7) is 5.44. The summed E-state index contributed by atoms with van der Waals surface area (Å²) < 4.78 is 5.71. The summed E-state index contributed by atoms with van der Waals surface area (Å²) in [5, 5.41) is 0. The van der Waals surface area contributed by atoms with Crippen LogP contribution in [0.25, 0.3) is 0 Å². The molecule has 0 radical (unpaired) electrons. The van der Waals surface area contributed by atoms with Gasteiger partial charge in [-0.2, -0.15) is 0 Å². The molecule has 0 bridgehead atoms. The van der Waals surface area contributed by atoms with Gasteiger partial charge in [0.25, 0.3) is 0 Å². The van der Waals surface area contributed by atoms with Crippen molar-refractivity contribution < 1.29 is 9.53 Å². The highest BCUT2D eigenvalue weighted by Gasteiger charge is 2.53. The van der Waals surface area contributed by atoms with Crippen LogP contribution >= 0.6 is 0 Å². The van der Waals surface area contributed by atoms with Gasteiger partial charge in [0.2, 0.25) is 5.91 Å². The van der Waals surface area contributed by atoms with Crippen molar-refractivity contribution >= 4 is 11.6 Å². The van der Waals surface area contributed by atoms with Gasteiger partial charge in [0.05, 0.1) is 17.6 Å². The summed E-state index contributed by atoms with van der Waals surface area (Å²) >= 11 is 0. The summed E-state index contributed by atoms with van der Waals surface area (Å²) in [5.41, 5.74) is 7.27. The van der Waals surface area contributed by atoms with Crippen molar-refractivity contribution in [3.8, 4) is 0 Å². The molecule has 1 aromatic carbocycles. The Labute approximate surface area is 119 Å². The zero-order valence-electron chi connectivity index (χ0n) is 12.1. The molecule has 1 aliphatic carbocycles. The van der Waals surface area contributed by atoms with Gasteiger partial charge in [-0.1, -0.05) is 12.1 Å². The van der Waals surface area contributed by atoms with Crippen molar-refractivity contribution in [3.63, 3.8) is 0 Å². The third kappa shape index (κ3) is 2.29. The van der Waals surface area contributed by atoms with Crippen LogP contribution in [0.15, 0.2) is 24.3 Å². The Hall–Kier alpha value is -1.55. The molecule has 3 rings (SSSR count). The molecular weight excluding hydrogens is 252 g/mol. The first-order valence-corrected chi connectivity index (χ1v) is 7.32. The summed E-state index contributed by atoms with van der Waals surface area (Å²) in [7, 11) is 0. The lowest BCUT2D eigenvalue weighted by Gasteiger charge is -2.37. The Balaban J connectivity index is 1.81. The number of morpholine rings is 1. The van der Waals surface area contributed by atoms with E-state index in [1.165, 1.54) is 0 Å². The number of rotatable bonds is 2. The molecule has 2 fully saturated rings. The standard InChI is InChI=1S/C16H22N2O2/c1-11-9-18(10-12(2)20-11)15(19)16(7-8-16)13-3-5-14(17)6-4-13/h3-6,11-12H,7-10,17H2,1-2H3/t11-,12+. The van der Waals surface area contributed by atoms with E-state index >= 15 is 0 Å². The smallest absolute Gasteiger partial charge is 0.233 e. The van der Waals surface area contributed by atoms with Gasteiger partial charge in [-0.15, -0.1) is 0 Å². The normalized spacial score (nSPS) is 28.2. The highest BCUT2D eigenvalue weighted by atomic mass is 16.5. The molecule has 4 heteroatoms. The third-order valence-electron chi connectivity index (χ3n) is 4.33. The van der Waals surface area contributed by atoms with Crippen molar-refractivity contribution in [2.75, 3.05) is 18.8 Å². The van der Waals surface area contributed by atoms with Crippen LogP contribution in [-0.4, -0.2) is 36.1 Å². The molecule has 1 saturated carbocycles. The Bertz CT molecular complexity index is 498. The number of amides is 1. The molecule has 108 valence electrons. The van der Waals surface area contributed by atoms with E-state index in [1.807, 2.05) is 43.0 Å². The van der Waals surface area contributed by atoms with Crippen molar-refractivity contribution in [1.82, 2.24) is 4.90 Å². The van der Waals surface area contributed by atoms with E-state index in [4.69, 9.17) is 10.5 Å². The lowest BCUT2D eigenvalue weighted by Crippen LogP contribution is -2.51. The zero-order chi connectivity index (χ0) is 14.3. The fraction of sp³-hybridized carbons (Fsp3) is 0.562. The van der Waals surface area contributed by atoms with Gasteiger partial charge in [0.15, 0.2) is 0 Å². The Morgan fingerprint density at radius 2 is 1.75 bits per heavy atom. The molecule has 0 aromatic heterocycles. The molecule has 20 heavy (non-hydrogen) atoms. The Kier molecular flexibility index (Phi) is 3.21. The fourth-order valence-electron chi connectivity index (χ4n) is 3.20.